The lowest BCUT2D eigenvalue weighted by Gasteiger charge is -2.36. The van der Waals surface area contributed by atoms with Crippen molar-refractivity contribution in [3.8, 4) is 22.8 Å². The molecule has 1 saturated heterocycles. The molecule has 3 aromatic rings. The zero-order chi connectivity index (χ0) is 25.5. The maximum atomic E-state index is 14.7. The van der Waals surface area contributed by atoms with Crippen LogP contribution in [0.2, 0.25) is 0 Å². The van der Waals surface area contributed by atoms with E-state index in [0.717, 1.165) is 5.69 Å². The van der Waals surface area contributed by atoms with Gasteiger partial charge in [0.2, 0.25) is 5.82 Å². The Balaban J connectivity index is 1.36. The van der Waals surface area contributed by atoms with E-state index in [1.54, 1.807) is 24.3 Å². The highest BCUT2D eigenvalue weighted by atomic mass is 19.2. The van der Waals surface area contributed by atoms with Gasteiger partial charge in [-0.25, -0.2) is 4.39 Å². The van der Waals surface area contributed by atoms with Crippen LogP contribution in [0.15, 0.2) is 42.5 Å². The molecule has 0 radical (unpaired) electrons. The fourth-order valence-corrected chi connectivity index (χ4v) is 4.06. The highest BCUT2D eigenvalue weighted by molar-refractivity contribution is 5.74. The molecule has 0 unspecified atom stereocenters. The van der Waals surface area contributed by atoms with Crippen molar-refractivity contribution in [3.63, 3.8) is 0 Å². The summed E-state index contributed by atoms with van der Waals surface area (Å²) in [5.74, 6) is -1.65. The van der Waals surface area contributed by atoms with Crippen molar-refractivity contribution in [3.05, 3.63) is 59.7 Å². The van der Waals surface area contributed by atoms with Crippen molar-refractivity contribution in [2.45, 2.75) is 6.54 Å². The Labute approximate surface area is 208 Å². The van der Waals surface area contributed by atoms with E-state index < -0.39 is 11.6 Å². The molecule has 36 heavy (non-hydrogen) atoms. The van der Waals surface area contributed by atoms with Crippen LogP contribution in [-0.4, -0.2) is 72.7 Å². The van der Waals surface area contributed by atoms with Gasteiger partial charge < -0.3 is 30.9 Å². The van der Waals surface area contributed by atoms with Crippen LogP contribution in [0.4, 0.5) is 20.3 Å². The SMILES string of the molecule is NCCOCCOc1ccc(CN2CCN(c3cc(-c4ccccc4O)nnc3N)CC2)c(F)c1F. The second-order valence-electron chi connectivity index (χ2n) is 8.38. The molecule has 4 rings (SSSR count). The third kappa shape index (κ3) is 5.99. The Morgan fingerprint density at radius 3 is 2.47 bits per heavy atom. The minimum Gasteiger partial charge on any atom is -0.507 e. The molecular formula is C25H30F2N6O3. The molecule has 0 saturated carbocycles. The van der Waals surface area contributed by atoms with Crippen LogP contribution in [0.25, 0.3) is 11.3 Å². The Kier molecular flexibility index (Phi) is 8.47. The average molecular weight is 501 g/mol. The average Bonchev–Trinajstić information content (AvgIpc) is 2.89. The van der Waals surface area contributed by atoms with Gasteiger partial charge in [0, 0.05) is 50.4 Å². The van der Waals surface area contributed by atoms with Crippen molar-refractivity contribution >= 4 is 11.5 Å². The summed E-state index contributed by atoms with van der Waals surface area (Å²) in [6.07, 6.45) is 0. The molecule has 0 spiro atoms. The number of aromatic nitrogens is 2. The molecule has 0 amide bonds. The van der Waals surface area contributed by atoms with Gasteiger partial charge in [0.15, 0.2) is 17.4 Å². The van der Waals surface area contributed by atoms with Gasteiger partial charge in [-0.3, -0.25) is 4.90 Å². The summed E-state index contributed by atoms with van der Waals surface area (Å²) >= 11 is 0. The molecular weight excluding hydrogens is 470 g/mol. The van der Waals surface area contributed by atoms with Gasteiger partial charge in [0.1, 0.15) is 12.4 Å². The minimum atomic E-state index is -1.00. The topological polar surface area (TPSA) is 123 Å². The first kappa shape index (κ1) is 25.5. The molecule has 0 atom stereocenters. The van der Waals surface area contributed by atoms with Gasteiger partial charge in [0.25, 0.3) is 0 Å². The second-order valence-corrected chi connectivity index (χ2v) is 8.38. The molecule has 9 nitrogen and oxygen atoms in total. The lowest BCUT2D eigenvalue weighted by molar-refractivity contribution is 0.104. The van der Waals surface area contributed by atoms with E-state index in [-0.39, 0.29) is 36.8 Å². The summed E-state index contributed by atoms with van der Waals surface area (Å²) in [4.78, 5) is 4.12. The summed E-state index contributed by atoms with van der Waals surface area (Å²) in [6, 6.07) is 11.7. The first-order valence-corrected chi connectivity index (χ1v) is 11.7. The van der Waals surface area contributed by atoms with Crippen LogP contribution in [0.3, 0.4) is 0 Å². The lowest BCUT2D eigenvalue weighted by atomic mass is 10.1. The first-order chi connectivity index (χ1) is 17.5. The minimum absolute atomic E-state index is 0.107. The number of benzene rings is 2. The number of rotatable bonds is 10. The Bertz CT molecular complexity index is 1170. The molecule has 1 aliphatic heterocycles. The number of piperazine rings is 1. The van der Waals surface area contributed by atoms with Gasteiger partial charge in [-0.2, -0.15) is 4.39 Å². The predicted molar refractivity (Wildman–Crippen MR) is 133 cm³/mol. The number of phenols is 1. The van der Waals surface area contributed by atoms with Gasteiger partial charge in [0.05, 0.1) is 24.6 Å². The zero-order valence-electron chi connectivity index (χ0n) is 19.9. The van der Waals surface area contributed by atoms with E-state index >= 15 is 0 Å². The molecule has 11 heteroatoms. The van der Waals surface area contributed by atoms with Crippen LogP contribution >= 0.6 is 0 Å². The summed E-state index contributed by atoms with van der Waals surface area (Å²) in [5, 5.41) is 18.3. The number of halogens is 2. The molecule has 1 fully saturated rings. The smallest absolute Gasteiger partial charge is 0.200 e. The molecule has 0 aliphatic carbocycles. The van der Waals surface area contributed by atoms with Crippen molar-refractivity contribution in [1.82, 2.24) is 15.1 Å². The number of phenolic OH excluding ortho intramolecular Hbond substituents is 1. The van der Waals surface area contributed by atoms with Crippen molar-refractivity contribution in [2.75, 3.05) is 63.2 Å². The zero-order valence-corrected chi connectivity index (χ0v) is 19.9. The third-order valence-corrected chi connectivity index (χ3v) is 5.96. The number of nitrogens with two attached hydrogens (primary N) is 2. The van der Waals surface area contributed by atoms with Crippen molar-refractivity contribution < 1.29 is 23.4 Å². The fraction of sp³-hybridized carbons (Fsp3) is 0.360. The Morgan fingerprint density at radius 1 is 0.944 bits per heavy atom. The van der Waals surface area contributed by atoms with Gasteiger partial charge in [-0.1, -0.05) is 18.2 Å². The predicted octanol–water partition coefficient (Wildman–Crippen LogP) is 2.39. The summed E-state index contributed by atoms with van der Waals surface area (Å²) in [7, 11) is 0. The maximum Gasteiger partial charge on any atom is 0.200 e. The molecule has 192 valence electrons. The van der Waals surface area contributed by atoms with E-state index in [0.29, 0.717) is 56.4 Å². The van der Waals surface area contributed by atoms with E-state index in [9.17, 15) is 13.9 Å². The molecule has 0 bridgehead atoms. The number of aromatic hydroxyl groups is 1. The van der Waals surface area contributed by atoms with E-state index in [2.05, 4.69) is 15.1 Å². The number of ether oxygens (including phenoxy) is 2. The highest BCUT2D eigenvalue weighted by Gasteiger charge is 2.23. The lowest BCUT2D eigenvalue weighted by Crippen LogP contribution is -2.46. The molecule has 1 aliphatic rings. The molecule has 5 N–H and O–H groups in total. The van der Waals surface area contributed by atoms with Gasteiger partial charge >= 0.3 is 0 Å². The maximum absolute atomic E-state index is 14.7. The van der Waals surface area contributed by atoms with Crippen molar-refractivity contribution in [1.29, 1.82) is 0 Å². The largest absolute Gasteiger partial charge is 0.507 e. The van der Waals surface area contributed by atoms with Crippen LogP contribution < -0.4 is 21.1 Å². The summed E-state index contributed by atoms with van der Waals surface area (Å²) in [5.41, 5.74) is 13.5. The van der Waals surface area contributed by atoms with Crippen LogP contribution in [0, 0.1) is 11.6 Å². The molecule has 1 aromatic heterocycles. The van der Waals surface area contributed by atoms with Crippen molar-refractivity contribution in [2.24, 2.45) is 5.73 Å². The van der Waals surface area contributed by atoms with Gasteiger partial charge in [-0.05, 0) is 24.3 Å². The van der Waals surface area contributed by atoms with Crippen LogP contribution in [0.5, 0.6) is 11.5 Å². The van der Waals surface area contributed by atoms with Gasteiger partial charge in [-0.15, -0.1) is 10.2 Å². The summed E-state index contributed by atoms with van der Waals surface area (Å²) < 4.78 is 39.7. The van der Waals surface area contributed by atoms with E-state index in [4.69, 9.17) is 20.9 Å². The van der Waals surface area contributed by atoms with E-state index in [1.807, 2.05) is 17.0 Å². The second kappa shape index (κ2) is 11.9. The third-order valence-electron chi connectivity index (χ3n) is 5.96. The van der Waals surface area contributed by atoms with E-state index in [1.165, 1.54) is 6.07 Å². The summed E-state index contributed by atoms with van der Waals surface area (Å²) in [6.45, 7) is 3.85. The molecule has 2 heterocycles. The van der Waals surface area contributed by atoms with Crippen LogP contribution in [-0.2, 0) is 11.3 Å². The number of hydrogen-bond donors (Lipinski definition) is 3. The fourth-order valence-electron chi connectivity index (χ4n) is 4.06. The number of hydrogen-bond acceptors (Lipinski definition) is 9. The van der Waals surface area contributed by atoms with Crippen LogP contribution in [0.1, 0.15) is 5.56 Å². The standard InChI is InChI=1S/C25H30F2N6O3/c26-23-17(5-6-22(24(23)27)36-14-13-35-12-7-28)16-32-8-10-33(11-9-32)20-15-19(30-31-25(20)29)18-3-1-2-4-21(18)34/h1-6,15,34H,7-14,16,28H2,(H2,29,31). The normalized spacial score (nSPS) is 14.2. The quantitative estimate of drug-likeness (QED) is 0.360. The highest BCUT2D eigenvalue weighted by Crippen LogP contribution is 2.32. The Morgan fingerprint density at radius 2 is 1.72 bits per heavy atom. The molecule has 2 aromatic carbocycles. The number of para-hydroxylation sites is 1. The number of nitrogen functional groups attached to an aromatic ring is 1. The number of nitrogens with zero attached hydrogens (tertiary/aromatic N) is 4. The number of anilines is 2. The Hall–Kier alpha value is -3.54. The first-order valence-electron chi connectivity index (χ1n) is 11.7. The monoisotopic (exact) mass is 500 g/mol.